The normalized spacial score (nSPS) is 22.7. The second kappa shape index (κ2) is 8.02. The lowest BCUT2D eigenvalue weighted by Gasteiger charge is -2.35. The van der Waals surface area contributed by atoms with Crippen molar-refractivity contribution in [2.45, 2.75) is 38.9 Å². The van der Waals surface area contributed by atoms with Crippen LogP contribution in [0.25, 0.3) is 0 Å². The molecule has 1 heterocycles. The Morgan fingerprint density at radius 1 is 1.24 bits per heavy atom. The maximum Gasteiger partial charge on any atom is 0.137 e. The van der Waals surface area contributed by atoms with Crippen LogP contribution < -0.4 is 4.74 Å². The number of hydrogen-bond acceptors (Lipinski definition) is 4. The van der Waals surface area contributed by atoms with Gasteiger partial charge in [0.25, 0.3) is 0 Å². The minimum Gasteiger partial charge on any atom is -0.492 e. The number of morpholine rings is 1. The van der Waals surface area contributed by atoms with Crippen molar-refractivity contribution in [2.24, 2.45) is 0 Å². The zero-order valence-corrected chi connectivity index (χ0v) is 12.9. The van der Waals surface area contributed by atoms with Crippen molar-refractivity contribution in [1.82, 2.24) is 4.90 Å². The molecule has 0 aromatic heterocycles. The minimum absolute atomic E-state index is 0.326. The van der Waals surface area contributed by atoms with Crippen molar-refractivity contribution in [3.8, 4) is 11.8 Å². The number of ether oxygens (including phenoxy) is 2. The number of benzene rings is 1. The first-order valence-electron chi connectivity index (χ1n) is 7.69. The van der Waals surface area contributed by atoms with Gasteiger partial charge in [-0.05, 0) is 45.4 Å². The number of rotatable bonds is 6. The molecule has 1 fully saturated rings. The predicted octanol–water partition coefficient (Wildman–Crippen LogP) is 2.83. The third kappa shape index (κ3) is 5.04. The van der Waals surface area contributed by atoms with Crippen molar-refractivity contribution < 1.29 is 9.47 Å². The van der Waals surface area contributed by atoms with Crippen LogP contribution >= 0.6 is 0 Å². The van der Waals surface area contributed by atoms with Crippen LogP contribution in [0.4, 0.5) is 0 Å². The van der Waals surface area contributed by atoms with Crippen LogP contribution in [-0.4, -0.2) is 43.3 Å². The van der Waals surface area contributed by atoms with Crippen molar-refractivity contribution in [3.05, 3.63) is 29.8 Å². The first-order valence-corrected chi connectivity index (χ1v) is 7.69. The Morgan fingerprint density at radius 3 is 2.67 bits per heavy atom. The zero-order chi connectivity index (χ0) is 15.1. The summed E-state index contributed by atoms with van der Waals surface area (Å²) in [5.74, 6) is 0.689. The Morgan fingerprint density at radius 2 is 1.95 bits per heavy atom. The van der Waals surface area contributed by atoms with Gasteiger partial charge in [-0.1, -0.05) is 12.1 Å². The third-order valence-corrected chi connectivity index (χ3v) is 3.63. The van der Waals surface area contributed by atoms with E-state index in [2.05, 4.69) is 24.8 Å². The fourth-order valence-corrected chi connectivity index (χ4v) is 2.77. The average Bonchev–Trinajstić information content (AvgIpc) is 2.46. The Balaban J connectivity index is 1.65. The molecule has 4 heteroatoms. The van der Waals surface area contributed by atoms with Crippen molar-refractivity contribution in [3.63, 3.8) is 0 Å². The molecule has 0 unspecified atom stereocenters. The van der Waals surface area contributed by atoms with E-state index in [9.17, 15) is 0 Å². The van der Waals surface area contributed by atoms with Gasteiger partial charge in [0.1, 0.15) is 11.8 Å². The van der Waals surface area contributed by atoms with Crippen LogP contribution in [-0.2, 0) is 4.74 Å². The van der Waals surface area contributed by atoms with E-state index >= 15 is 0 Å². The lowest BCUT2D eigenvalue weighted by atomic mass is 10.2. The van der Waals surface area contributed by atoms with Gasteiger partial charge in [-0.15, -0.1) is 0 Å². The molecule has 0 spiro atoms. The lowest BCUT2D eigenvalue weighted by molar-refractivity contribution is -0.0682. The number of unbranched alkanes of at least 4 members (excludes halogenated alkanes) is 1. The zero-order valence-electron chi connectivity index (χ0n) is 12.9. The minimum atomic E-state index is 0.326. The molecule has 0 N–H and O–H groups in total. The maximum atomic E-state index is 8.99. The number of hydrogen-bond donors (Lipinski definition) is 0. The smallest absolute Gasteiger partial charge is 0.137 e. The monoisotopic (exact) mass is 288 g/mol. The Kier molecular flexibility index (Phi) is 6.04. The van der Waals surface area contributed by atoms with Gasteiger partial charge in [0.2, 0.25) is 0 Å². The molecular formula is C17H24N2O2. The highest BCUT2D eigenvalue weighted by Crippen LogP contribution is 2.17. The quantitative estimate of drug-likeness (QED) is 0.755. The molecular weight excluding hydrogens is 264 g/mol. The molecule has 2 rings (SSSR count). The highest BCUT2D eigenvalue weighted by molar-refractivity contribution is 5.42. The SMILES string of the molecule is C[C@H]1CN(CCCCOc2ccccc2C#N)C[C@H](C)O1. The second-order valence-electron chi connectivity index (χ2n) is 5.68. The van der Waals surface area contributed by atoms with Crippen LogP contribution in [0.3, 0.4) is 0 Å². The molecule has 1 aliphatic rings. The summed E-state index contributed by atoms with van der Waals surface area (Å²) in [5.41, 5.74) is 0.605. The molecule has 4 nitrogen and oxygen atoms in total. The van der Waals surface area contributed by atoms with Crippen LogP contribution in [0.5, 0.6) is 5.75 Å². The molecule has 0 bridgehead atoms. The molecule has 1 aromatic rings. The third-order valence-electron chi connectivity index (χ3n) is 3.63. The first kappa shape index (κ1) is 15.8. The van der Waals surface area contributed by atoms with Gasteiger partial charge in [-0.2, -0.15) is 5.26 Å². The van der Waals surface area contributed by atoms with Gasteiger partial charge in [0.15, 0.2) is 0 Å². The Bertz CT molecular complexity index is 474. The van der Waals surface area contributed by atoms with E-state index in [-0.39, 0.29) is 0 Å². The summed E-state index contributed by atoms with van der Waals surface area (Å²) in [6.45, 7) is 8.04. The van der Waals surface area contributed by atoms with E-state index in [0.717, 1.165) is 32.5 Å². The number of para-hydroxylation sites is 1. The average molecular weight is 288 g/mol. The predicted molar refractivity (Wildman–Crippen MR) is 82.3 cm³/mol. The standard InChI is InChI=1S/C17H24N2O2/c1-14-12-19(13-15(2)21-14)9-5-6-10-20-17-8-4-3-7-16(17)11-18/h3-4,7-8,14-15H,5-6,9-10,12-13H2,1-2H3/t14-,15-/m0/s1. The summed E-state index contributed by atoms with van der Waals surface area (Å²) < 4.78 is 11.4. The van der Waals surface area contributed by atoms with Gasteiger partial charge < -0.3 is 9.47 Å². The van der Waals surface area contributed by atoms with E-state index in [1.165, 1.54) is 0 Å². The van der Waals surface area contributed by atoms with E-state index < -0.39 is 0 Å². The molecule has 21 heavy (non-hydrogen) atoms. The molecule has 0 aliphatic carbocycles. The summed E-state index contributed by atoms with van der Waals surface area (Å²) in [6, 6.07) is 9.53. The van der Waals surface area contributed by atoms with Crippen LogP contribution in [0, 0.1) is 11.3 Å². The van der Waals surface area contributed by atoms with Gasteiger partial charge in [-0.3, -0.25) is 4.90 Å². The lowest BCUT2D eigenvalue weighted by Crippen LogP contribution is -2.45. The summed E-state index contributed by atoms with van der Waals surface area (Å²) in [5, 5.41) is 8.99. The molecule has 0 saturated carbocycles. The molecule has 1 aromatic carbocycles. The van der Waals surface area contributed by atoms with Crippen LogP contribution in [0.1, 0.15) is 32.3 Å². The van der Waals surface area contributed by atoms with E-state index in [0.29, 0.717) is 30.1 Å². The molecule has 1 aliphatic heterocycles. The van der Waals surface area contributed by atoms with Gasteiger partial charge in [0, 0.05) is 13.1 Å². The molecule has 0 amide bonds. The molecule has 0 radical (unpaired) electrons. The van der Waals surface area contributed by atoms with E-state index in [1.54, 1.807) is 6.07 Å². The first-order chi connectivity index (χ1) is 10.2. The van der Waals surface area contributed by atoms with E-state index in [1.807, 2.05) is 18.2 Å². The Hall–Kier alpha value is -1.57. The Labute approximate surface area is 127 Å². The van der Waals surface area contributed by atoms with E-state index in [4.69, 9.17) is 14.7 Å². The molecule has 114 valence electrons. The van der Waals surface area contributed by atoms with Crippen molar-refractivity contribution >= 4 is 0 Å². The van der Waals surface area contributed by atoms with Gasteiger partial charge >= 0.3 is 0 Å². The largest absolute Gasteiger partial charge is 0.492 e. The highest BCUT2D eigenvalue weighted by atomic mass is 16.5. The molecule has 2 atom stereocenters. The highest BCUT2D eigenvalue weighted by Gasteiger charge is 2.21. The van der Waals surface area contributed by atoms with Crippen LogP contribution in [0.2, 0.25) is 0 Å². The fraction of sp³-hybridized carbons (Fsp3) is 0.588. The van der Waals surface area contributed by atoms with Gasteiger partial charge in [0.05, 0.1) is 24.4 Å². The fourth-order valence-electron chi connectivity index (χ4n) is 2.77. The van der Waals surface area contributed by atoms with Gasteiger partial charge in [-0.25, -0.2) is 0 Å². The number of nitrogens with zero attached hydrogens (tertiary/aromatic N) is 2. The topological polar surface area (TPSA) is 45.5 Å². The van der Waals surface area contributed by atoms with Crippen molar-refractivity contribution in [2.75, 3.05) is 26.2 Å². The summed E-state index contributed by atoms with van der Waals surface area (Å²) in [7, 11) is 0. The molecule has 1 saturated heterocycles. The van der Waals surface area contributed by atoms with Crippen LogP contribution in [0.15, 0.2) is 24.3 Å². The summed E-state index contributed by atoms with van der Waals surface area (Å²) >= 11 is 0. The maximum absolute atomic E-state index is 8.99. The number of nitriles is 1. The summed E-state index contributed by atoms with van der Waals surface area (Å²) in [4.78, 5) is 2.46. The summed E-state index contributed by atoms with van der Waals surface area (Å²) in [6.07, 6.45) is 2.76. The second-order valence-corrected chi connectivity index (χ2v) is 5.68. The van der Waals surface area contributed by atoms with Crippen molar-refractivity contribution in [1.29, 1.82) is 5.26 Å².